The number of halogens is 1. The lowest BCUT2D eigenvalue weighted by Gasteiger charge is -2.16. The second kappa shape index (κ2) is 7.68. The Morgan fingerprint density at radius 3 is 2.58 bits per heavy atom. The van der Waals surface area contributed by atoms with Crippen molar-refractivity contribution in [3.8, 4) is 5.75 Å². The third-order valence-electron chi connectivity index (χ3n) is 4.41. The summed E-state index contributed by atoms with van der Waals surface area (Å²) in [4.78, 5) is 6.23. The zero-order chi connectivity index (χ0) is 17.9. The summed E-state index contributed by atoms with van der Waals surface area (Å²) in [6, 6.07) is 25.1. The molecule has 0 fully saturated rings. The number of rotatable bonds is 3. The van der Waals surface area contributed by atoms with Gasteiger partial charge in [-0.05, 0) is 59.7 Å². The predicted octanol–water partition coefficient (Wildman–Crippen LogP) is 6.82. The fraction of sp³-hybridized carbons (Fsp3) is 0.136. The van der Waals surface area contributed by atoms with E-state index in [4.69, 9.17) is 9.73 Å². The van der Waals surface area contributed by atoms with E-state index in [2.05, 4.69) is 70.5 Å². The average molecular weight is 424 g/mol. The number of nitrogens with zero attached hydrogens (tertiary/aromatic N) is 1. The van der Waals surface area contributed by atoms with E-state index in [1.165, 1.54) is 10.5 Å². The Labute approximate surface area is 166 Å². The van der Waals surface area contributed by atoms with Gasteiger partial charge in [-0.15, -0.1) is 11.8 Å². The first kappa shape index (κ1) is 17.4. The molecule has 0 saturated carbocycles. The number of methoxy groups -OCH3 is 1. The Bertz CT molecular complexity index is 952. The maximum absolute atomic E-state index is 5.29. The molecule has 0 spiro atoms. The minimum absolute atomic E-state index is 0.317. The molecule has 1 aliphatic heterocycles. The molecular weight excluding hydrogens is 406 g/mol. The highest BCUT2D eigenvalue weighted by Crippen LogP contribution is 2.45. The number of thioether (sulfide) groups is 1. The summed E-state index contributed by atoms with van der Waals surface area (Å²) in [6.45, 7) is 0. The van der Waals surface area contributed by atoms with Crippen LogP contribution in [0, 0.1) is 0 Å². The van der Waals surface area contributed by atoms with Gasteiger partial charge in [0, 0.05) is 26.8 Å². The molecule has 26 heavy (non-hydrogen) atoms. The second-order valence-corrected chi connectivity index (χ2v) is 8.28. The van der Waals surface area contributed by atoms with Crippen molar-refractivity contribution in [1.82, 2.24) is 0 Å². The lowest BCUT2D eigenvalue weighted by Crippen LogP contribution is -2.05. The van der Waals surface area contributed by atoms with Crippen LogP contribution in [0.25, 0.3) is 0 Å². The number of fused-ring (bicyclic) bond motifs is 1. The largest absolute Gasteiger partial charge is 0.497 e. The summed E-state index contributed by atoms with van der Waals surface area (Å²) in [5.74, 6) is 0.862. The van der Waals surface area contributed by atoms with E-state index < -0.39 is 0 Å². The third-order valence-corrected chi connectivity index (χ3v) is 6.23. The van der Waals surface area contributed by atoms with E-state index in [9.17, 15) is 0 Å². The first-order valence-electron chi connectivity index (χ1n) is 8.46. The van der Waals surface area contributed by atoms with E-state index in [-0.39, 0.29) is 0 Å². The minimum atomic E-state index is 0.317. The van der Waals surface area contributed by atoms with Crippen LogP contribution < -0.4 is 4.74 Å². The van der Waals surface area contributed by atoms with Gasteiger partial charge in [0.2, 0.25) is 0 Å². The quantitative estimate of drug-likeness (QED) is 0.460. The monoisotopic (exact) mass is 423 g/mol. The van der Waals surface area contributed by atoms with E-state index in [1.54, 1.807) is 7.11 Å². The summed E-state index contributed by atoms with van der Waals surface area (Å²) in [7, 11) is 1.69. The van der Waals surface area contributed by atoms with Crippen LogP contribution >= 0.6 is 27.7 Å². The van der Waals surface area contributed by atoms with Crippen molar-refractivity contribution in [2.45, 2.75) is 16.6 Å². The average Bonchev–Trinajstić information content (AvgIpc) is 2.88. The summed E-state index contributed by atoms with van der Waals surface area (Å²) in [6.07, 6.45) is 0.877. The number of ether oxygens (including phenoxy) is 1. The fourth-order valence-corrected chi connectivity index (χ4v) is 4.71. The summed E-state index contributed by atoms with van der Waals surface area (Å²) >= 11 is 5.49. The highest BCUT2D eigenvalue weighted by molar-refractivity contribution is 9.10. The van der Waals surface area contributed by atoms with Gasteiger partial charge in [-0.3, -0.25) is 4.99 Å². The first-order valence-corrected chi connectivity index (χ1v) is 10.1. The van der Waals surface area contributed by atoms with Crippen molar-refractivity contribution < 1.29 is 4.74 Å². The molecule has 0 amide bonds. The smallest absolute Gasteiger partial charge is 0.118 e. The zero-order valence-corrected chi connectivity index (χ0v) is 16.8. The predicted molar refractivity (Wildman–Crippen MR) is 113 cm³/mol. The van der Waals surface area contributed by atoms with Crippen molar-refractivity contribution in [2.24, 2.45) is 4.99 Å². The molecule has 1 heterocycles. The molecule has 0 saturated heterocycles. The van der Waals surface area contributed by atoms with Gasteiger partial charge in [0.1, 0.15) is 5.75 Å². The van der Waals surface area contributed by atoms with E-state index in [1.807, 2.05) is 30.0 Å². The SMILES string of the molecule is COc1ccc(C2=Nc3ccccc3SC(c3cccc(Br)c3)C2)cc1. The molecule has 4 rings (SSSR count). The van der Waals surface area contributed by atoms with Gasteiger partial charge in [-0.2, -0.15) is 0 Å². The molecule has 3 aromatic carbocycles. The van der Waals surface area contributed by atoms with Gasteiger partial charge in [0.25, 0.3) is 0 Å². The van der Waals surface area contributed by atoms with Crippen LogP contribution in [-0.4, -0.2) is 12.8 Å². The highest BCUT2D eigenvalue weighted by Gasteiger charge is 2.22. The van der Waals surface area contributed by atoms with E-state index >= 15 is 0 Å². The molecule has 0 aromatic heterocycles. The van der Waals surface area contributed by atoms with Crippen LogP contribution in [0.4, 0.5) is 5.69 Å². The second-order valence-electron chi connectivity index (χ2n) is 6.12. The molecule has 2 nitrogen and oxygen atoms in total. The molecular formula is C22H18BrNOS. The topological polar surface area (TPSA) is 21.6 Å². The van der Waals surface area contributed by atoms with E-state index in [0.717, 1.165) is 33.6 Å². The van der Waals surface area contributed by atoms with Crippen molar-refractivity contribution in [2.75, 3.05) is 7.11 Å². The zero-order valence-electron chi connectivity index (χ0n) is 14.4. The van der Waals surface area contributed by atoms with Gasteiger partial charge in [-0.1, -0.05) is 40.2 Å². The lowest BCUT2D eigenvalue weighted by atomic mass is 10.0. The normalized spacial score (nSPS) is 16.4. The van der Waals surface area contributed by atoms with Gasteiger partial charge >= 0.3 is 0 Å². The van der Waals surface area contributed by atoms with Crippen molar-refractivity contribution >= 4 is 39.1 Å². The number of para-hydroxylation sites is 1. The van der Waals surface area contributed by atoms with E-state index in [0.29, 0.717) is 5.25 Å². The molecule has 0 bridgehead atoms. The molecule has 0 radical (unpaired) electrons. The Hall–Kier alpha value is -2.04. The van der Waals surface area contributed by atoms with Crippen molar-refractivity contribution in [3.63, 3.8) is 0 Å². The molecule has 1 unspecified atom stereocenters. The third kappa shape index (κ3) is 3.71. The van der Waals surface area contributed by atoms with Crippen LogP contribution in [0.3, 0.4) is 0 Å². The Morgan fingerprint density at radius 1 is 1.00 bits per heavy atom. The van der Waals surface area contributed by atoms with Crippen molar-refractivity contribution in [1.29, 1.82) is 0 Å². The Morgan fingerprint density at radius 2 is 1.81 bits per heavy atom. The fourth-order valence-electron chi connectivity index (χ4n) is 3.07. The first-order chi connectivity index (χ1) is 12.7. The number of aliphatic imine (C=N–C) groups is 1. The Kier molecular flexibility index (Phi) is 5.14. The van der Waals surface area contributed by atoms with Crippen LogP contribution in [-0.2, 0) is 0 Å². The van der Waals surface area contributed by atoms with Crippen LogP contribution in [0.1, 0.15) is 22.8 Å². The summed E-state index contributed by atoms with van der Waals surface area (Å²) < 4.78 is 6.40. The minimum Gasteiger partial charge on any atom is -0.497 e. The van der Waals surface area contributed by atoms with Gasteiger partial charge in [-0.25, -0.2) is 0 Å². The highest BCUT2D eigenvalue weighted by atomic mass is 79.9. The lowest BCUT2D eigenvalue weighted by molar-refractivity contribution is 0.415. The summed E-state index contributed by atoms with van der Waals surface area (Å²) in [5, 5.41) is 0.317. The van der Waals surface area contributed by atoms with Crippen LogP contribution in [0.5, 0.6) is 5.75 Å². The van der Waals surface area contributed by atoms with Crippen LogP contribution in [0.15, 0.2) is 87.2 Å². The molecule has 0 N–H and O–H groups in total. The van der Waals surface area contributed by atoms with Crippen molar-refractivity contribution in [3.05, 3.63) is 88.4 Å². The van der Waals surface area contributed by atoms with Gasteiger partial charge in [0.05, 0.1) is 12.8 Å². The molecule has 0 aliphatic carbocycles. The molecule has 1 atom stereocenters. The number of hydrogen-bond donors (Lipinski definition) is 0. The molecule has 3 aromatic rings. The number of hydrogen-bond acceptors (Lipinski definition) is 3. The maximum atomic E-state index is 5.29. The van der Waals surface area contributed by atoms with Gasteiger partial charge < -0.3 is 4.74 Å². The standard InChI is InChI=1S/C22H18BrNOS/c1-25-18-11-9-15(10-12-18)20-14-22(16-5-4-6-17(23)13-16)26-21-8-3-2-7-19(21)24-20/h2-13,22H,14H2,1H3. The summed E-state index contributed by atoms with van der Waals surface area (Å²) in [5.41, 5.74) is 4.60. The molecule has 4 heteroatoms. The molecule has 130 valence electrons. The molecule has 1 aliphatic rings. The van der Waals surface area contributed by atoms with Gasteiger partial charge in [0.15, 0.2) is 0 Å². The Balaban J connectivity index is 1.77. The number of benzene rings is 3. The van der Waals surface area contributed by atoms with Crippen LogP contribution in [0.2, 0.25) is 0 Å². The maximum Gasteiger partial charge on any atom is 0.118 e.